The minimum Gasteiger partial charge on any atom is -0.493 e. The predicted molar refractivity (Wildman–Crippen MR) is 93.6 cm³/mol. The molecule has 0 radical (unpaired) electrons. The van der Waals surface area contributed by atoms with E-state index >= 15 is 0 Å². The molecule has 2 aromatic carbocycles. The number of allylic oxidation sites excluding steroid dienone is 1. The van der Waals surface area contributed by atoms with Crippen molar-refractivity contribution in [1.29, 1.82) is 0 Å². The smallest absolute Gasteiger partial charge is 0.203 e. The van der Waals surface area contributed by atoms with Gasteiger partial charge in [-0.3, -0.25) is 4.79 Å². The fourth-order valence-corrected chi connectivity index (χ4v) is 2.33. The van der Waals surface area contributed by atoms with Gasteiger partial charge >= 0.3 is 0 Å². The van der Waals surface area contributed by atoms with Crippen LogP contribution in [0.25, 0.3) is 6.08 Å². The molecule has 0 saturated carbocycles. The zero-order chi connectivity index (χ0) is 16.8. The lowest BCUT2D eigenvalue weighted by Gasteiger charge is -2.13. The van der Waals surface area contributed by atoms with Crippen molar-refractivity contribution in [3.63, 3.8) is 0 Å². The third-order valence-corrected chi connectivity index (χ3v) is 3.78. The number of methoxy groups -OCH3 is 3. The van der Waals surface area contributed by atoms with Crippen LogP contribution in [0.15, 0.2) is 46.9 Å². The van der Waals surface area contributed by atoms with E-state index in [9.17, 15) is 4.79 Å². The van der Waals surface area contributed by atoms with Gasteiger partial charge in [-0.15, -0.1) is 0 Å². The Morgan fingerprint density at radius 1 is 0.957 bits per heavy atom. The molecule has 0 aromatic heterocycles. The van der Waals surface area contributed by atoms with Crippen molar-refractivity contribution < 1.29 is 19.0 Å². The molecular formula is C18H17BrO4. The molecule has 0 aliphatic rings. The Morgan fingerprint density at radius 2 is 1.52 bits per heavy atom. The second kappa shape index (κ2) is 7.83. The summed E-state index contributed by atoms with van der Waals surface area (Å²) in [5, 5.41) is 0. The van der Waals surface area contributed by atoms with Crippen molar-refractivity contribution in [2.45, 2.75) is 0 Å². The maximum Gasteiger partial charge on any atom is 0.203 e. The molecule has 0 amide bonds. The first-order chi connectivity index (χ1) is 11.1. The molecule has 0 aliphatic heterocycles. The molecule has 0 heterocycles. The monoisotopic (exact) mass is 376 g/mol. The summed E-state index contributed by atoms with van der Waals surface area (Å²) < 4.78 is 16.8. The maximum atomic E-state index is 12.4. The van der Waals surface area contributed by atoms with E-state index in [-0.39, 0.29) is 5.78 Å². The SMILES string of the molecule is COc1cc(C(=O)/C=C/c2ccc(Br)cc2)cc(OC)c1OC. The molecule has 2 rings (SSSR count). The number of rotatable bonds is 6. The number of hydrogen-bond acceptors (Lipinski definition) is 4. The van der Waals surface area contributed by atoms with Crippen molar-refractivity contribution in [1.82, 2.24) is 0 Å². The van der Waals surface area contributed by atoms with Crippen LogP contribution < -0.4 is 14.2 Å². The third kappa shape index (κ3) is 4.13. The van der Waals surface area contributed by atoms with Crippen LogP contribution in [0.2, 0.25) is 0 Å². The molecule has 2 aromatic rings. The van der Waals surface area contributed by atoms with Gasteiger partial charge in [0.1, 0.15) is 0 Å². The highest BCUT2D eigenvalue weighted by molar-refractivity contribution is 9.10. The molecule has 0 spiro atoms. The minimum absolute atomic E-state index is 0.146. The van der Waals surface area contributed by atoms with Gasteiger partial charge in [0.25, 0.3) is 0 Å². The molecule has 120 valence electrons. The standard InChI is InChI=1S/C18H17BrO4/c1-21-16-10-13(11-17(22-2)18(16)23-3)15(20)9-6-12-4-7-14(19)8-5-12/h4-11H,1-3H3/b9-6+. The number of ketones is 1. The van der Waals surface area contributed by atoms with Crippen LogP contribution in [0.3, 0.4) is 0 Å². The van der Waals surface area contributed by atoms with Crippen molar-refractivity contribution >= 4 is 27.8 Å². The first-order valence-electron chi connectivity index (χ1n) is 6.87. The molecule has 4 nitrogen and oxygen atoms in total. The first kappa shape index (κ1) is 17.1. The molecular weight excluding hydrogens is 360 g/mol. The molecule has 0 atom stereocenters. The average molecular weight is 377 g/mol. The molecule has 0 fully saturated rings. The van der Waals surface area contributed by atoms with Crippen LogP contribution >= 0.6 is 15.9 Å². The van der Waals surface area contributed by atoms with Crippen LogP contribution in [0.1, 0.15) is 15.9 Å². The molecule has 0 aliphatic carbocycles. The second-order valence-corrected chi connectivity index (χ2v) is 5.58. The Bertz CT molecular complexity index is 695. The lowest BCUT2D eigenvalue weighted by atomic mass is 10.1. The molecule has 0 bridgehead atoms. The Labute approximate surface area is 143 Å². The van der Waals surface area contributed by atoms with Crippen molar-refractivity contribution in [3.8, 4) is 17.2 Å². The number of hydrogen-bond donors (Lipinski definition) is 0. The van der Waals surface area contributed by atoms with Crippen LogP contribution in [-0.2, 0) is 0 Å². The summed E-state index contributed by atoms with van der Waals surface area (Å²) in [6.45, 7) is 0. The van der Waals surface area contributed by atoms with Gasteiger partial charge in [0.2, 0.25) is 5.75 Å². The van der Waals surface area contributed by atoms with Gasteiger partial charge in [-0.1, -0.05) is 34.1 Å². The lowest BCUT2D eigenvalue weighted by Crippen LogP contribution is -2.00. The van der Waals surface area contributed by atoms with E-state index in [1.54, 1.807) is 18.2 Å². The fraction of sp³-hybridized carbons (Fsp3) is 0.167. The zero-order valence-corrected chi connectivity index (χ0v) is 14.7. The van der Waals surface area contributed by atoms with Crippen molar-refractivity contribution in [3.05, 3.63) is 58.1 Å². The Morgan fingerprint density at radius 3 is 2.00 bits per heavy atom. The number of carbonyl (C=O) groups excluding carboxylic acids is 1. The maximum absolute atomic E-state index is 12.4. The zero-order valence-electron chi connectivity index (χ0n) is 13.1. The van der Waals surface area contributed by atoms with E-state index in [0.717, 1.165) is 10.0 Å². The van der Waals surface area contributed by atoms with Crippen molar-refractivity contribution in [2.24, 2.45) is 0 Å². The van der Waals surface area contributed by atoms with Crippen LogP contribution in [0.4, 0.5) is 0 Å². The van der Waals surface area contributed by atoms with Gasteiger partial charge in [-0.25, -0.2) is 0 Å². The largest absolute Gasteiger partial charge is 0.493 e. The summed E-state index contributed by atoms with van der Waals surface area (Å²) >= 11 is 3.38. The van der Waals surface area contributed by atoms with Crippen LogP contribution in [-0.4, -0.2) is 27.1 Å². The lowest BCUT2D eigenvalue weighted by molar-refractivity contribution is 0.104. The topological polar surface area (TPSA) is 44.8 Å². The number of ether oxygens (including phenoxy) is 3. The molecule has 0 N–H and O–H groups in total. The molecule has 23 heavy (non-hydrogen) atoms. The summed E-state index contributed by atoms with van der Waals surface area (Å²) in [7, 11) is 4.56. The summed E-state index contributed by atoms with van der Waals surface area (Å²) in [5.41, 5.74) is 1.40. The first-order valence-corrected chi connectivity index (χ1v) is 7.66. The number of benzene rings is 2. The third-order valence-electron chi connectivity index (χ3n) is 3.25. The fourth-order valence-electron chi connectivity index (χ4n) is 2.07. The van der Waals surface area contributed by atoms with E-state index in [0.29, 0.717) is 22.8 Å². The van der Waals surface area contributed by atoms with Gasteiger partial charge in [0.05, 0.1) is 21.3 Å². The van der Waals surface area contributed by atoms with Crippen molar-refractivity contribution in [2.75, 3.05) is 21.3 Å². The van der Waals surface area contributed by atoms with E-state index in [1.807, 2.05) is 24.3 Å². The van der Waals surface area contributed by atoms with Gasteiger partial charge in [0, 0.05) is 10.0 Å². The Balaban J connectivity index is 2.30. The minimum atomic E-state index is -0.146. The van der Waals surface area contributed by atoms with E-state index in [1.165, 1.54) is 27.4 Å². The van der Waals surface area contributed by atoms with Gasteiger partial charge < -0.3 is 14.2 Å². The molecule has 0 saturated heterocycles. The van der Waals surface area contributed by atoms with E-state index < -0.39 is 0 Å². The van der Waals surface area contributed by atoms with E-state index in [4.69, 9.17) is 14.2 Å². The Hall–Kier alpha value is -2.27. The highest BCUT2D eigenvalue weighted by Gasteiger charge is 2.15. The van der Waals surface area contributed by atoms with Gasteiger partial charge in [-0.2, -0.15) is 0 Å². The highest BCUT2D eigenvalue weighted by Crippen LogP contribution is 2.38. The van der Waals surface area contributed by atoms with Gasteiger partial charge in [0.15, 0.2) is 17.3 Å². The summed E-state index contributed by atoms with van der Waals surface area (Å²) in [6.07, 6.45) is 3.28. The molecule has 0 unspecified atom stereocenters. The van der Waals surface area contributed by atoms with E-state index in [2.05, 4.69) is 15.9 Å². The quantitative estimate of drug-likeness (QED) is 0.554. The van der Waals surface area contributed by atoms with Crippen LogP contribution in [0.5, 0.6) is 17.2 Å². The second-order valence-electron chi connectivity index (χ2n) is 4.66. The summed E-state index contributed by atoms with van der Waals surface area (Å²) in [6, 6.07) is 10.9. The average Bonchev–Trinajstić information content (AvgIpc) is 2.59. The number of halogens is 1. The highest BCUT2D eigenvalue weighted by atomic mass is 79.9. The normalized spacial score (nSPS) is 10.6. The van der Waals surface area contributed by atoms with Crippen LogP contribution in [0, 0.1) is 0 Å². The predicted octanol–water partition coefficient (Wildman–Crippen LogP) is 4.37. The summed E-state index contributed by atoms with van der Waals surface area (Å²) in [4.78, 5) is 12.4. The molecule has 5 heteroatoms. The summed E-state index contributed by atoms with van der Waals surface area (Å²) in [5.74, 6) is 1.22. The van der Waals surface area contributed by atoms with Gasteiger partial charge in [-0.05, 0) is 35.9 Å². The Kier molecular flexibility index (Phi) is 5.82. The number of carbonyl (C=O) groups is 1.